The van der Waals surface area contributed by atoms with Gasteiger partial charge in [0.2, 0.25) is 5.91 Å². The predicted octanol–water partition coefficient (Wildman–Crippen LogP) is 3.15. The van der Waals surface area contributed by atoms with Crippen LogP contribution in [0.15, 0.2) is 4.99 Å². The van der Waals surface area contributed by atoms with Crippen LogP contribution in [-0.2, 0) is 9.53 Å². The number of likely N-dealkylation sites (tertiary alicyclic amines) is 1. The van der Waals surface area contributed by atoms with Gasteiger partial charge in [-0.2, -0.15) is 0 Å². The number of hydrogen-bond acceptors (Lipinski definition) is 3. The first-order chi connectivity index (χ1) is 13.0. The van der Waals surface area contributed by atoms with Crippen LogP contribution in [0.4, 0.5) is 0 Å². The van der Waals surface area contributed by atoms with Crippen LogP contribution in [0.3, 0.4) is 0 Å². The minimum absolute atomic E-state index is 0. The van der Waals surface area contributed by atoms with Crippen molar-refractivity contribution < 1.29 is 9.53 Å². The fourth-order valence-corrected chi connectivity index (χ4v) is 5.23. The molecular weight excluding hydrogens is 467 g/mol. The zero-order valence-corrected chi connectivity index (χ0v) is 20.3. The van der Waals surface area contributed by atoms with Gasteiger partial charge in [0.15, 0.2) is 5.96 Å². The zero-order chi connectivity index (χ0) is 19.4. The van der Waals surface area contributed by atoms with E-state index in [9.17, 15) is 4.79 Å². The van der Waals surface area contributed by atoms with Crippen LogP contribution in [0, 0.1) is 11.3 Å². The largest absolute Gasteiger partial charge is 0.378 e. The van der Waals surface area contributed by atoms with Crippen molar-refractivity contribution in [2.24, 2.45) is 16.3 Å². The van der Waals surface area contributed by atoms with Gasteiger partial charge < -0.3 is 20.3 Å². The second-order valence-corrected chi connectivity index (χ2v) is 8.79. The van der Waals surface area contributed by atoms with Gasteiger partial charge in [0.1, 0.15) is 0 Å². The summed E-state index contributed by atoms with van der Waals surface area (Å²) in [5, 5.41) is 7.31. The molecule has 1 amide bonds. The normalized spacial score (nSPS) is 27.5. The third-order valence-electron chi connectivity index (χ3n) is 6.86. The van der Waals surface area contributed by atoms with Crippen molar-refractivity contribution >= 4 is 35.8 Å². The predicted molar refractivity (Wildman–Crippen MR) is 124 cm³/mol. The van der Waals surface area contributed by atoms with Crippen LogP contribution in [0.25, 0.3) is 0 Å². The summed E-state index contributed by atoms with van der Waals surface area (Å²) in [6, 6.07) is 0.847. The van der Waals surface area contributed by atoms with E-state index in [1.54, 1.807) is 0 Å². The molecular formula is C21H39IN4O2. The summed E-state index contributed by atoms with van der Waals surface area (Å²) in [5.74, 6) is 1.27. The SMILES string of the molecule is CCOC1CC(NC(=NC)NC2CCN(C(=O)C(C)C)CC2)C12CCCC2.I. The maximum Gasteiger partial charge on any atom is 0.225 e. The number of rotatable bonds is 5. The number of aliphatic imine (C=N–C) groups is 1. The van der Waals surface area contributed by atoms with Gasteiger partial charge in [0.25, 0.3) is 0 Å². The van der Waals surface area contributed by atoms with Crippen molar-refractivity contribution in [2.45, 2.75) is 83.9 Å². The van der Waals surface area contributed by atoms with Gasteiger partial charge in [0.05, 0.1) is 6.10 Å². The number of amides is 1. The molecule has 2 N–H and O–H groups in total. The molecule has 3 fully saturated rings. The van der Waals surface area contributed by atoms with Gasteiger partial charge >= 0.3 is 0 Å². The molecule has 2 aliphatic carbocycles. The Kier molecular flexibility index (Phi) is 8.85. The van der Waals surface area contributed by atoms with E-state index >= 15 is 0 Å². The molecule has 2 saturated carbocycles. The standard InChI is InChI=1S/C21H38N4O2.HI/c1-5-27-18-14-17(21(18)10-6-7-11-21)24-20(22-4)23-16-8-12-25(13-9-16)19(26)15(2)3;/h15-18H,5-14H2,1-4H3,(H2,22,23,24);1H. The topological polar surface area (TPSA) is 66.0 Å². The molecule has 28 heavy (non-hydrogen) atoms. The van der Waals surface area contributed by atoms with Crippen molar-refractivity contribution in [3.63, 3.8) is 0 Å². The number of nitrogens with one attached hydrogen (secondary N) is 2. The van der Waals surface area contributed by atoms with Gasteiger partial charge in [-0.15, -0.1) is 24.0 Å². The summed E-state index contributed by atoms with van der Waals surface area (Å²) in [7, 11) is 1.85. The first-order valence-electron chi connectivity index (χ1n) is 10.9. The molecule has 0 bridgehead atoms. The lowest BCUT2D eigenvalue weighted by Gasteiger charge is -2.54. The Hall–Kier alpha value is -0.570. The van der Waals surface area contributed by atoms with Gasteiger partial charge in [-0.1, -0.05) is 26.7 Å². The van der Waals surface area contributed by atoms with Crippen molar-refractivity contribution in [3.05, 3.63) is 0 Å². The summed E-state index contributed by atoms with van der Waals surface area (Å²) >= 11 is 0. The highest BCUT2D eigenvalue weighted by Gasteiger charge is 2.57. The van der Waals surface area contributed by atoms with Gasteiger partial charge in [-0.05, 0) is 39.0 Å². The van der Waals surface area contributed by atoms with Crippen LogP contribution in [0.1, 0.15) is 65.7 Å². The molecule has 2 unspecified atom stereocenters. The van der Waals surface area contributed by atoms with Gasteiger partial charge in [-0.3, -0.25) is 9.79 Å². The van der Waals surface area contributed by atoms with E-state index in [2.05, 4.69) is 22.5 Å². The molecule has 1 aliphatic heterocycles. The number of guanidine groups is 1. The van der Waals surface area contributed by atoms with E-state index in [0.29, 0.717) is 23.6 Å². The molecule has 1 saturated heterocycles. The van der Waals surface area contributed by atoms with Gasteiger partial charge in [0, 0.05) is 50.2 Å². The molecule has 6 nitrogen and oxygen atoms in total. The molecule has 2 atom stereocenters. The fourth-order valence-electron chi connectivity index (χ4n) is 5.23. The molecule has 0 radical (unpaired) electrons. The highest BCUT2D eigenvalue weighted by atomic mass is 127. The lowest BCUT2D eigenvalue weighted by atomic mass is 9.60. The Morgan fingerprint density at radius 2 is 1.86 bits per heavy atom. The van der Waals surface area contributed by atoms with E-state index in [-0.39, 0.29) is 35.8 Å². The molecule has 1 spiro atoms. The van der Waals surface area contributed by atoms with Crippen LogP contribution >= 0.6 is 24.0 Å². The monoisotopic (exact) mass is 506 g/mol. The summed E-state index contributed by atoms with van der Waals surface area (Å²) < 4.78 is 6.03. The first-order valence-corrected chi connectivity index (χ1v) is 10.9. The Morgan fingerprint density at radius 3 is 2.39 bits per heavy atom. The minimum Gasteiger partial charge on any atom is -0.378 e. The van der Waals surface area contributed by atoms with Crippen LogP contribution in [0.5, 0.6) is 0 Å². The molecule has 3 rings (SSSR count). The maximum atomic E-state index is 12.2. The van der Waals surface area contributed by atoms with Gasteiger partial charge in [-0.25, -0.2) is 0 Å². The molecule has 0 aromatic heterocycles. The van der Waals surface area contributed by atoms with E-state index in [0.717, 1.165) is 44.9 Å². The van der Waals surface area contributed by atoms with E-state index < -0.39 is 0 Å². The van der Waals surface area contributed by atoms with Crippen molar-refractivity contribution in [1.29, 1.82) is 0 Å². The number of nitrogens with zero attached hydrogens (tertiary/aromatic N) is 2. The summed E-state index contributed by atoms with van der Waals surface area (Å²) in [6.45, 7) is 8.54. The van der Waals surface area contributed by atoms with Crippen LogP contribution in [0.2, 0.25) is 0 Å². The van der Waals surface area contributed by atoms with Crippen molar-refractivity contribution in [2.75, 3.05) is 26.7 Å². The molecule has 7 heteroatoms. The third-order valence-corrected chi connectivity index (χ3v) is 6.86. The van der Waals surface area contributed by atoms with Crippen LogP contribution < -0.4 is 10.6 Å². The average Bonchev–Trinajstić information content (AvgIpc) is 3.19. The van der Waals surface area contributed by atoms with Crippen molar-refractivity contribution in [1.82, 2.24) is 15.5 Å². The first kappa shape index (κ1) is 23.7. The highest BCUT2D eigenvalue weighted by molar-refractivity contribution is 14.0. The number of halogens is 1. The van der Waals surface area contributed by atoms with E-state index in [4.69, 9.17) is 4.74 Å². The van der Waals surface area contributed by atoms with E-state index in [1.807, 2.05) is 25.8 Å². The van der Waals surface area contributed by atoms with Crippen molar-refractivity contribution in [3.8, 4) is 0 Å². The molecule has 3 aliphatic rings. The Morgan fingerprint density at radius 1 is 1.21 bits per heavy atom. The average molecular weight is 506 g/mol. The molecule has 0 aromatic carbocycles. The maximum absolute atomic E-state index is 12.2. The quantitative estimate of drug-likeness (QED) is 0.342. The van der Waals surface area contributed by atoms with E-state index in [1.165, 1.54) is 25.7 Å². The zero-order valence-electron chi connectivity index (χ0n) is 18.0. The fraction of sp³-hybridized carbons (Fsp3) is 0.905. The number of ether oxygens (including phenoxy) is 1. The number of carbonyl (C=O) groups is 1. The van der Waals surface area contributed by atoms with Crippen LogP contribution in [-0.4, -0.2) is 61.7 Å². The second kappa shape index (κ2) is 10.5. The lowest BCUT2D eigenvalue weighted by molar-refractivity contribution is -0.135. The summed E-state index contributed by atoms with van der Waals surface area (Å²) in [5.41, 5.74) is 0.306. The number of hydrogen-bond donors (Lipinski definition) is 2. The summed E-state index contributed by atoms with van der Waals surface area (Å²) in [4.78, 5) is 18.7. The lowest BCUT2D eigenvalue weighted by Crippen LogP contribution is -2.65. The third kappa shape index (κ3) is 4.94. The molecule has 0 aromatic rings. The minimum atomic E-state index is 0. The Labute approximate surface area is 187 Å². The number of carbonyl (C=O) groups excluding carboxylic acids is 1. The smallest absolute Gasteiger partial charge is 0.225 e. The second-order valence-electron chi connectivity index (χ2n) is 8.79. The Balaban J connectivity index is 0.00000280. The highest BCUT2D eigenvalue weighted by Crippen LogP contribution is 2.54. The Bertz CT molecular complexity index is 541. The molecule has 1 heterocycles. The number of piperidine rings is 1. The molecule has 162 valence electrons. The summed E-state index contributed by atoms with van der Waals surface area (Å²) in [6.07, 6.45) is 8.62.